The zero-order valence-electron chi connectivity index (χ0n) is 16.9. The highest BCUT2D eigenvalue weighted by Gasteiger charge is 2.44. The van der Waals surface area contributed by atoms with Crippen molar-refractivity contribution in [2.75, 3.05) is 37.7 Å². The summed E-state index contributed by atoms with van der Waals surface area (Å²) in [5.74, 6) is -0.158. The molecule has 2 aromatic carbocycles. The molecule has 0 unspecified atom stereocenters. The lowest BCUT2D eigenvalue weighted by Gasteiger charge is -2.49. The van der Waals surface area contributed by atoms with E-state index in [0.717, 1.165) is 38.0 Å². The molecule has 4 nitrogen and oxygen atoms in total. The van der Waals surface area contributed by atoms with Crippen molar-refractivity contribution in [3.63, 3.8) is 0 Å². The highest BCUT2D eigenvalue weighted by Crippen LogP contribution is 2.36. The van der Waals surface area contributed by atoms with Gasteiger partial charge in [-0.3, -0.25) is 4.90 Å². The standard InChI is InChI=1S/C24H31FN2O2/c25-21-8-4-5-9-22(21)26-13-10-20(11-14-26)27-15-12-23(29)24(17-27,18-28)16-19-6-2-1-3-7-19/h1-9,20,23,28-29H,10-18H2/t23-,24+/m1/s1. The average Bonchev–Trinajstić information content (AvgIpc) is 2.77. The second-order valence-corrected chi connectivity index (χ2v) is 8.63. The van der Waals surface area contributed by atoms with Crippen molar-refractivity contribution >= 4 is 5.69 Å². The molecule has 5 heteroatoms. The number of halogens is 1. The molecule has 0 spiro atoms. The normalized spacial score (nSPS) is 26.6. The molecule has 0 radical (unpaired) electrons. The maximum absolute atomic E-state index is 14.1. The fraction of sp³-hybridized carbons (Fsp3) is 0.500. The third-order valence-electron chi connectivity index (χ3n) is 6.80. The third-order valence-corrected chi connectivity index (χ3v) is 6.80. The number of hydrogen-bond donors (Lipinski definition) is 2. The summed E-state index contributed by atoms with van der Waals surface area (Å²) in [5.41, 5.74) is 1.31. The van der Waals surface area contributed by atoms with Crippen molar-refractivity contribution < 1.29 is 14.6 Å². The van der Waals surface area contributed by atoms with E-state index in [4.69, 9.17) is 0 Å². The predicted molar refractivity (Wildman–Crippen MR) is 113 cm³/mol. The molecule has 0 bridgehead atoms. The van der Waals surface area contributed by atoms with E-state index < -0.39 is 11.5 Å². The van der Waals surface area contributed by atoms with Gasteiger partial charge in [0.05, 0.1) is 18.4 Å². The van der Waals surface area contributed by atoms with Gasteiger partial charge in [0.2, 0.25) is 0 Å². The Labute approximate surface area is 172 Å². The van der Waals surface area contributed by atoms with Crippen LogP contribution in [0.3, 0.4) is 0 Å². The first kappa shape index (κ1) is 20.3. The Bertz CT molecular complexity index is 794. The first-order valence-electron chi connectivity index (χ1n) is 10.7. The smallest absolute Gasteiger partial charge is 0.146 e. The van der Waals surface area contributed by atoms with Gasteiger partial charge in [-0.2, -0.15) is 0 Å². The highest BCUT2D eigenvalue weighted by molar-refractivity contribution is 5.47. The molecule has 2 heterocycles. The lowest BCUT2D eigenvalue weighted by Crippen LogP contribution is -2.58. The molecular formula is C24H31FN2O2. The van der Waals surface area contributed by atoms with Crippen LogP contribution >= 0.6 is 0 Å². The molecule has 2 N–H and O–H groups in total. The molecule has 2 aliphatic rings. The number of aliphatic hydroxyl groups excluding tert-OH is 2. The van der Waals surface area contributed by atoms with E-state index in [-0.39, 0.29) is 12.4 Å². The molecule has 0 aliphatic carbocycles. The second-order valence-electron chi connectivity index (χ2n) is 8.63. The van der Waals surface area contributed by atoms with Gasteiger partial charge in [-0.1, -0.05) is 42.5 Å². The van der Waals surface area contributed by atoms with Crippen LogP contribution in [0.1, 0.15) is 24.8 Å². The Hall–Kier alpha value is -1.95. The Kier molecular flexibility index (Phi) is 6.18. The lowest BCUT2D eigenvalue weighted by atomic mass is 9.73. The molecule has 4 rings (SSSR count). The van der Waals surface area contributed by atoms with Crippen molar-refractivity contribution in [2.24, 2.45) is 5.41 Å². The Morgan fingerprint density at radius 2 is 1.62 bits per heavy atom. The summed E-state index contributed by atoms with van der Waals surface area (Å²) >= 11 is 0. The van der Waals surface area contributed by atoms with Crippen molar-refractivity contribution in [3.8, 4) is 0 Å². The van der Waals surface area contributed by atoms with E-state index in [1.807, 2.05) is 30.3 Å². The summed E-state index contributed by atoms with van der Waals surface area (Å²) in [6, 6.07) is 17.5. The number of benzene rings is 2. The van der Waals surface area contributed by atoms with Crippen LogP contribution in [0.15, 0.2) is 54.6 Å². The largest absolute Gasteiger partial charge is 0.396 e. The molecule has 0 saturated carbocycles. The molecule has 29 heavy (non-hydrogen) atoms. The van der Waals surface area contributed by atoms with E-state index in [2.05, 4.69) is 21.9 Å². The molecule has 0 amide bonds. The Morgan fingerprint density at radius 1 is 0.931 bits per heavy atom. The number of nitrogens with zero attached hydrogens (tertiary/aromatic N) is 2. The molecule has 2 aromatic rings. The van der Waals surface area contributed by atoms with Gasteiger partial charge >= 0.3 is 0 Å². The van der Waals surface area contributed by atoms with Crippen LogP contribution < -0.4 is 4.90 Å². The summed E-state index contributed by atoms with van der Waals surface area (Å²) < 4.78 is 14.1. The summed E-state index contributed by atoms with van der Waals surface area (Å²) in [5, 5.41) is 21.1. The fourth-order valence-corrected chi connectivity index (χ4v) is 5.06. The SMILES string of the molecule is OC[C@]1(Cc2ccccc2)CN(C2CCN(c3ccccc3F)CC2)CC[C@H]1O. The maximum atomic E-state index is 14.1. The van der Waals surface area contributed by atoms with Crippen LogP contribution in [-0.2, 0) is 6.42 Å². The van der Waals surface area contributed by atoms with Crippen LogP contribution in [0.4, 0.5) is 10.1 Å². The molecule has 2 saturated heterocycles. The van der Waals surface area contributed by atoms with Crippen molar-refractivity contribution in [1.29, 1.82) is 0 Å². The molecule has 156 valence electrons. The number of anilines is 1. The number of para-hydroxylation sites is 1. The first-order valence-corrected chi connectivity index (χ1v) is 10.7. The van der Waals surface area contributed by atoms with Crippen LogP contribution in [0.2, 0.25) is 0 Å². The van der Waals surface area contributed by atoms with Crippen LogP contribution in [-0.4, -0.2) is 60.0 Å². The maximum Gasteiger partial charge on any atom is 0.146 e. The molecule has 2 atom stereocenters. The van der Waals surface area contributed by atoms with Gasteiger partial charge < -0.3 is 15.1 Å². The van der Waals surface area contributed by atoms with Gasteiger partial charge in [0, 0.05) is 37.6 Å². The molecule has 0 aromatic heterocycles. The Balaban J connectivity index is 1.42. The zero-order chi connectivity index (χ0) is 20.3. The van der Waals surface area contributed by atoms with Crippen molar-refractivity contribution in [1.82, 2.24) is 4.90 Å². The first-order chi connectivity index (χ1) is 14.1. The van der Waals surface area contributed by atoms with Gasteiger partial charge in [-0.15, -0.1) is 0 Å². The van der Waals surface area contributed by atoms with Gasteiger partial charge in [0.25, 0.3) is 0 Å². The van der Waals surface area contributed by atoms with E-state index in [1.54, 1.807) is 6.07 Å². The molecule has 2 fully saturated rings. The van der Waals surface area contributed by atoms with Gasteiger partial charge in [0.15, 0.2) is 0 Å². The summed E-state index contributed by atoms with van der Waals surface area (Å²) in [6.07, 6.45) is 2.80. The quantitative estimate of drug-likeness (QED) is 0.813. The minimum absolute atomic E-state index is 0.0202. The predicted octanol–water partition coefficient (Wildman–Crippen LogP) is 3.08. The summed E-state index contributed by atoms with van der Waals surface area (Å²) in [6.45, 7) is 3.19. The lowest BCUT2D eigenvalue weighted by molar-refractivity contribution is -0.0864. The summed E-state index contributed by atoms with van der Waals surface area (Å²) in [4.78, 5) is 4.58. The van der Waals surface area contributed by atoms with Crippen molar-refractivity contribution in [3.05, 3.63) is 66.0 Å². The van der Waals surface area contributed by atoms with E-state index in [1.165, 1.54) is 6.07 Å². The minimum atomic E-state index is -0.526. The monoisotopic (exact) mass is 398 g/mol. The zero-order valence-corrected chi connectivity index (χ0v) is 16.9. The van der Waals surface area contributed by atoms with Crippen LogP contribution in [0, 0.1) is 11.2 Å². The van der Waals surface area contributed by atoms with Gasteiger partial charge in [0.1, 0.15) is 5.82 Å². The molecular weight excluding hydrogens is 367 g/mol. The average molecular weight is 399 g/mol. The van der Waals surface area contributed by atoms with E-state index >= 15 is 0 Å². The van der Waals surface area contributed by atoms with Gasteiger partial charge in [-0.05, 0) is 43.4 Å². The Morgan fingerprint density at radius 3 is 2.31 bits per heavy atom. The fourth-order valence-electron chi connectivity index (χ4n) is 5.06. The highest BCUT2D eigenvalue weighted by atomic mass is 19.1. The van der Waals surface area contributed by atoms with Crippen LogP contribution in [0.5, 0.6) is 0 Å². The second kappa shape index (κ2) is 8.82. The van der Waals surface area contributed by atoms with E-state index in [9.17, 15) is 14.6 Å². The number of hydrogen-bond acceptors (Lipinski definition) is 4. The summed E-state index contributed by atoms with van der Waals surface area (Å²) in [7, 11) is 0. The van der Waals surface area contributed by atoms with Gasteiger partial charge in [-0.25, -0.2) is 4.39 Å². The number of aliphatic hydroxyl groups is 2. The number of piperidine rings is 2. The van der Waals surface area contributed by atoms with E-state index in [0.29, 0.717) is 31.1 Å². The van der Waals surface area contributed by atoms with Crippen LogP contribution in [0.25, 0.3) is 0 Å². The van der Waals surface area contributed by atoms with Crippen molar-refractivity contribution in [2.45, 2.75) is 37.8 Å². The third kappa shape index (κ3) is 4.32. The minimum Gasteiger partial charge on any atom is -0.396 e. The number of likely N-dealkylation sites (tertiary alicyclic amines) is 1. The number of rotatable bonds is 5. The topological polar surface area (TPSA) is 46.9 Å². The molecule has 2 aliphatic heterocycles.